The number of rotatable bonds is 4. The highest BCUT2D eigenvalue weighted by molar-refractivity contribution is 5.69. The summed E-state index contributed by atoms with van der Waals surface area (Å²) in [6, 6.07) is 2.70. The molecule has 0 spiro atoms. The third kappa shape index (κ3) is 2.12. The Kier molecular flexibility index (Phi) is 3.06. The number of aliphatic carboxylic acids is 1. The maximum Gasteiger partial charge on any atom is 0.305 e. The van der Waals surface area contributed by atoms with E-state index < -0.39 is 12.0 Å². The third-order valence-corrected chi connectivity index (χ3v) is 2.52. The van der Waals surface area contributed by atoms with E-state index in [9.17, 15) is 4.79 Å². The van der Waals surface area contributed by atoms with E-state index in [4.69, 9.17) is 25.1 Å². The number of nitrogens with two attached hydrogens (primary N) is 1. The molecule has 1 heterocycles. The largest absolute Gasteiger partial charge is 0.496 e. The molecule has 1 unspecified atom stereocenters. The van der Waals surface area contributed by atoms with E-state index in [-0.39, 0.29) is 13.2 Å². The fourth-order valence-corrected chi connectivity index (χ4v) is 1.80. The molecule has 1 aromatic carbocycles. The number of ether oxygens (including phenoxy) is 3. The van der Waals surface area contributed by atoms with Crippen LogP contribution in [-0.2, 0) is 4.79 Å². The summed E-state index contributed by atoms with van der Waals surface area (Å²) < 4.78 is 15.7. The Morgan fingerprint density at radius 1 is 1.59 bits per heavy atom. The summed E-state index contributed by atoms with van der Waals surface area (Å²) in [5.74, 6) is 0.554. The van der Waals surface area contributed by atoms with E-state index in [0.717, 1.165) is 0 Å². The summed E-state index contributed by atoms with van der Waals surface area (Å²) in [6.45, 7) is 0.106. The van der Waals surface area contributed by atoms with Crippen molar-refractivity contribution in [3.05, 3.63) is 17.7 Å². The van der Waals surface area contributed by atoms with Crippen molar-refractivity contribution < 1.29 is 24.1 Å². The Morgan fingerprint density at radius 3 is 3.00 bits per heavy atom. The van der Waals surface area contributed by atoms with Crippen LogP contribution in [0, 0.1) is 0 Å². The lowest BCUT2D eigenvalue weighted by Crippen LogP contribution is -2.16. The number of methoxy groups -OCH3 is 1. The zero-order valence-corrected chi connectivity index (χ0v) is 9.30. The minimum atomic E-state index is -0.976. The molecule has 6 heteroatoms. The molecule has 3 N–H and O–H groups in total. The van der Waals surface area contributed by atoms with Gasteiger partial charge < -0.3 is 25.1 Å². The van der Waals surface area contributed by atoms with Crippen LogP contribution in [0.1, 0.15) is 18.0 Å². The van der Waals surface area contributed by atoms with Gasteiger partial charge in [0.1, 0.15) is 5.75 Å². The van der Waals surface area contributed by atoms with Crippen molar-refractivity contribution in [2.24, 2.45) is 5.73 Å². The second-order valence-corrected chi connectivity index (χ2v) is 3.62. The quantitative estimate of drug-likeness (QED) is 0.811. The average Bonchev–Trinajstić information content (AvgIpc) is 2.74. The standard InChI is InChI=1S/C11H13NO5/c1-15-7-2-3-8-11(17-5-16-8)10(7)6(12)4-9(13)14/h2-3,6H,4-5,12H2,1H3,(H,13,14). The molecule has 0 aromatic heterocycles. The van der Waals surface area contributed by atoms with Crippen molar-refractivity contribution in [2.45, 2.75) is 12.5 Å². The molecule has 1 aromatic rings. The predicted octanol–water partition coefficient (Wildman–Crippen LogP) is 0.898. The first-order valence-electron chi connectivity index (χ1n) is 5.07. The molecule has 92 valence electrons. The Balaban J connectivity index is 2.42. The number of hydrogen-bond acceptors (Lipinski definition) is 5. The number of fused-ring (bicyclic) bond motifs is 1. The molecule has 17 heavy (non-hydrogen) atoms. The van der Waals surface area contributed by atoms with Crippen LogP contribution in [0.3, 0.4) is 0 Å². The van der Waals surface area contributed by atoms with Gasteiger partial charge in [0, 0.05) is 6.04 Å². The average molecular weight is 239 g/mol. The molecule has 6 nitrogen and oxygen atoms in total. The number of carbonyl (C=O) groups is 1. The topological polar surface area (TPSA) is 91.0 Å². The molecule has 0 fully saturated rings. The van der Waals surface area contributed by atoms with Crippen LogP contribution in [0.25, 0.3) is 0 Å². The second kappa shape index (κ2) is 4.50. The first kappa shape index (κ1) is 11.5. The zero-order valence-electron chi connectivity index (χ0n) is 9.30. The lowest BCUT2D eigenvalue weighted by molar-refractivity contribution is -0.137. The van der Waals surface area contributed by atoms with Gasteiger partial charge in [-0.1, -0.05) is 0 Å². The van der Waals surface area contributed by atoms with E-state index in [0.29, 0.717) is 22.8 Å². The van der Waals surface area contributed by atoms with E-state index in [1.807, 2.05) is 0 Å². The summed E-state index contributed by atoms with van der Waals surface area (Å²) in [6.07, 6.45) is -0.198. The highest BCUT2D eigenvalue weighted by Gasteiger charge is 2.26. The van der Waals surface area contributed by atoms with Crippen molar-refractivity contribution in [3.8, 4) is 17.2 Å². The van der Waals surface area contributed by atoms with Gasteiger partial charge in [-0.05, 0) is 12.1 Å². The van der Waals surface area contributed by atoms with Crippen LogP contribution in [0.15, 0.2) is 12.1 Å². The smallest absolute Gasteiger partial charge is 0.305 e. The van der Waals surface area contributed by atoms with Gasteiger partial charge in [-0.25, -0.2) is 0 Å². The highest BCUT2D eigenvalue weighted by atomic mass is 16.7. The van der Waals surface area contributed by atoms with Crippen LogP contribution >= 0.6 is 0 Å². The Bertz CT molecular complexity index is 446. The number of hydrogen-bond donors (Lipinski definition) is 2. The normalized spacial score (nSPS) is 14.5. The molecule has 0 amide bonds. The van der Waals surface area contributed by atoms with E-state index >= 15 is 0 Å². The maximum absolute atomic E-state index is 10.7. The maximum atomic E-state index is 10.7. The van der Waals surface area contributed by atoms with Crippen molar-refractivity contribution in [1.29, 1.82) is 0 Å². The molecule has 1 aliphatic rings. The molecular formula is C11H13NO5. The van der Waals surface area contributed by atoms with Gasteiger partial charge in [0.2, 0.25) is 6.79 Å². The predicted molar refractivity (Wildman–Crippen MR) is 58.3 cm³/mol. The number of carboxylic acids is 1. The fraction of sp³-hybridized carbons (Fsp3) is 0.364. The monoisotopic (exact) mass is 239 g/mol. The Morgan fingerprint density at radius 2 is 2.35 bits per heavy atom. The molecule has 1 atom stereocenters. The summed E-state index contributed by atoms with van der Waals surface area (Å²) in [7, 11) is 1.49. The van der Waals surface area contributed by atoms with Crippen LogP contribution in [0.5, 0.6) is 17.2 Å². The van der Waals surface area contributed by atoms with Crippen LogP contribution in [0.2, 0.25) is 0 Å². The third-order valence-electron chi connectivity index (χ3n) is 2.52. The van der Waals surface area contributed by atoms with Crippen molar-refractivity contribution in [2.75, 3.05) is 13.9 Å². The van der Waals surface area contributed by atoms with E-state index in [1.165, 1.54) is 7.11 Å². The summed E-state index contributed by atoms with van der Waals surface area (Å²) in [5.41, 5.74) is 6.38. The van der Waals surface area contributed by atoms with E-state index in [2.05, 4.69) is 0 Å². The molecule has 1 aliphatic heterocycles. The van der Waals surface area contributed by atoms with Crippen molar-refractivity contribution in [1.82, 2.24) is 0 Å². The lowest BCUT2D eigenvalue weighted by Gasteiger charge is -2.16. The minimum absolute atomic E-state index is 0.106. The van der Waals surface area contributed by atoms with Crippen LogP contribution < -0.4 is 19.9 Å². The Labute approximate surface area is 97.9 Å². The Hall–Kier alpha value is -1.95. The van der Waals surface area contributed by atoms with Crippen LogP contribution in [-0.4, -0.2) is 25.0 Å². The highest BCUT2D eigenvalue weighted by Crippen LogP contribution is 2.43. The molecule has 0 radical (unpaired) electrons. The summed E-state index contributed by atoms with van der Waals surface area (Å²) in [4.78, 5) is 10.7. The zero-order chi connectivity index (χ0) is 12.4. The first-order chi connectivity index (χ1) is 8.13. The number of benzene rings is 1. The van der Waals surface area contributed by atoms with Gasteiger partial charge in [-0.2, -0.15) is 0 Å². The SMILES string of the molecule is COc1ccc2c(c1C(N)CC(=O)O)OCO2. The lowest BCUT2D eigenvalue weighted by atomic mass is 10.0. The van der Waals surface area contributed by atoms with Gasteiger partial charge >= 0.3 is 5.97 Å². The van der Waals surface area contributed by atoms with Gasteiger partial charge in [-0.3, -0.25) is 4.79 Å². The molecule has 0 aliphatic carbocycles. The molecule has 2 rings (SSSR count). The fourth-order valence-electron chi connectivity index (χ4n) is 1.80. The van der Waals surface area contributed by atoms with Gasteiger partial charge in [0.25, 0.3) is 0 Å². The minimum Gasteiger partial charge on any atom is -0.496 e. The van der Waals surface area contributed by atoms with Crippen LogP contribution in [0.4, 0.5) is 0 Å². The van der Waals surface area contributed by atoms with E-state index in [1.54, 1.807) is 12.1 Å². The van der Waals surface area contributed by atoms with Gasteiger partial charge in [0.15, 0.2) is 11.5 Å². The van der Waals surface area contributed by atoms with Crippen molar-refractivity contribution >= 4 is 5.97 Å². The molecular weight excluding hydrogens is 226 g/mol. The molecule has 0 bridgehead atoms. The number of carboxylic acid groups (broad SMARTS) is 1. The molecule has 0 saturated carbocycles. The van der Waals surface area contributed by atoms with Gasteiger partial charge in [0.05, 0.1) is 19.1 Å². The second-order valence-electron chi connectivity index (χ2n) is 3.62. The first-order valence-corrected chi connectivity index (χ1v) is 5.07. The van der Waals surface area contributed by atoms with Gasteiger partial charge in [-0.15, -0.1) is 0 Å². The van der Waals surface area contributed by atoms with Crippen molar-refractivity contribution in [3.63, 3.8) is 0 Å². The molecule has 0 saturated heterocycles. The summed E-state index contributed by atoms with van der Waals surface area (Å²) >= 11 is 0. The summed E-state index contributed by atoms with van der Waals surface area (Å²) in [5, 5.41) is 8.76.